The predicted molar refractivity (Wildman–Crippen MR) is 78.1 cm³/mol. The predicted octanol–water partition coefficient (Wildman–Crippen LogP) is 2.20. The fourth-order valence-electron chi connectivity index (χ4n) is 1.58. The van der Waals surface area contributed by atoms with Gasteiger partial charge in [-0.25, -0.2) is 4.79 Å². The van der Waals surface area contributed by atoms with Crippen LogP contribution in [0.1, 0.15) is 12.5 Å². The first-order chi connectivity index (χ1) is 9.69. The second-order valence-corrected chi connectivity index (χ2v) is 4.06. The second-order valence-electron chi connectivity index (χ2n) is 4.06. The molecule has 0 aliphatic heterocycles. The molecule has 4 heteroatoms. The van der Waals surface area contributed by atoms with E-state index in [1.807, 2.05) is 30.3 Å². The van der Waals surface area contributed by atoms with Crippen molar-refractivity contribution >= 4 is 12.0 Å². The van der Waals surface area contributed by atoms with E-state index in [1.165, 1.54) is 12.2 Å². The van der Waals surface area contributed by atoms with Gasteiger partial charge in [0.05, 0.1) is 13.2 Å². The summed E-state index contributed by atoms with van der Waals surface area (Å²) in [6.45, 7) is 5.62. The van der Waals surface area contributed by atoms with Gasteiger partial charge in [-0.15, -0.1) is 6.58 Å². The lowest BCUT2D eigenvalue weighted by molar-refractivity contribution is -0.161. The van der Waals surface area contributed by atoms with Crippen molar-refractivity contribution in [3.8, 4) is 0 Å². The molecule has 0 spiro atoms. The topological polar surface area (TPSA) is 55.8 Å². The molecular weight excluding hydrogens is 256 g/mol. The molecule has 0 radical (unpaired) electrons. The van der Waals surface area contributed by atoms with E-state index >= 15 is 0 Å². The summed E-state index contributed by atoms with van der Waals surface area (Å²) in [5, 5.41) is 10.0. The van der Waals surface area contributed by atoms with Crippen LogP contribution in [0.5, 0.6) is 0 Å². The zero-order valence-corrected chi connectivity index (χ0v) is 11.6. The molecule has 2 atom stereocenters. The van der Waals surface area contributed by atoms with Gasteiger partial charge in [0.25, 0.3) is 0 Å². The third-order valence-electron chi connectivity index (χ3n) is 2.51. The van der Waals surface area contributed by atoms with E-state index in [0.29, 0.717) is 0 Å². The monoisotopic (exact) mass is 276 g/mol. The lowest BCUT2D eigenvalue weighted by atomic mass is 10.1. The number of ether oxygens (including phenoxy) is 2. The zero-order chi connectivity index (χ0) is 14.8. The molecule has 108 valence electrons. The van der Waals surface area contributed by atoms with Crippen LogP contribution in [0.15, 0.2) is 49.1 Å². The number of carbonyl (C=O) groups is 1. The van der Waals surface area contributed by atoms with E-state index in [0.717, 1.165) is 5.56 Å². The Bertz CT molecular complexity index is 439. The van der Waals surface area contributed by atoms with Crippen LogP contribution in [0.3, 0.4) is 0 Å². The molecule has 1 N–H and O–H groups in total. The van der Waals surface area contributed by atoms with E-state index in [2.05, 4.69) is 6.58 Å². The number of hydrogen-bond donors (Lipinski definition) is 1. The van der Waals surface area contributed by atoms with E-state index < -0.39 is 18.2 Å². The Morgan fingerprint density at radius 1 is 1.40 bits per heavy atom. The largest absolute Gasteiger partial charge is 0.464 e. The number of carbonyl (C=O) groups excluding carboxylic acids is 1. The average Bonchev–Trinajstić information content (AvgIpc) is 2.47. The molecule has 0 fully saturated rings. The first-order valence-electron chi connectivity index (χ1n) is 6.49. The maximum Gasteiger partial charge on any atom is 0.338 e. The summed E-state index contributed by atoms with van der Waals surface area (Å²) >= 11 is 0. The van der Waals surface area contributed by atoms with Crippen molar-refractivity contribution in [3.05, 3.63) is 54.6 Å². The third kappa shape index (κ3) is 5.38. The quantitative estimate of drug-likeness (QED) is 0.584. The SMILES string of the molecule is C=CCO[C@@H](C(=O)OCC)[C@@H](O)/C=C/c1ccccc1. The van der Waals surface area contributed by atoms with Crippen molar-refractivity contribution < 1.29 is 19.4 Å². The second kappa shape index (κ2) is 9.07. The minimum absolute atomic E-state index is 0.166. The van der Waals surface area contributed by atoms with Gasteiger partial charge >= 0.3 is 5.97 Å². The van der Waals surface area contributed by atoms with Crippen molar-refractivity contribution in [2.24, 2.45) is 0 Å². The molecule has 0 unspecified atom stereocenters. The van der Waals surface area contributed by atoms with Crippen LogP contribution in [0, 0.1) is 0 Å². The van der Waals surface area contributed by atoms with Gasteiger partial charge < -0.3 is 14.6 Å². The van der Waals surface area contributed by atoms with E-state index in [4.69, 9.17) is 9.47 Å². The molecule has 1 aromatic rings. The first-order valence-corrected chi connectivity index (χ1v) is 6.49. The molecular formula is C16H20O4. The van der Waals surface area contributed by atoms with Gasteiger partial charge in [-0.3, -0.25) is 0 Å². The molecule has 0 amide bonds. The molecule has 1 rings (SSSR count). The molecule has 0 aromatic heterocycles. The summed E-state index contributed by atoms with van der Waals surface area (Å²) in [6.07, 6.45) is 2.63. The number of benzene rings is 1. The summed E-state index contributed by atoms with van der Waals surface area (Å²) in [4.78, 5) is 11.7. The van der Waals surface area contributed by atoms with Crippen LogP contribution in [-0.2, 0) is 14.3 Å². The summed E-state index contributed by atoms with van der Waals surface area (Å²) in [5.41, 5.74) is 0.929. The summed E-state index contributed by atoms with van der Waals surface area (Å²) in [5.74, 6) is -0.584. The molecule has 20 heavy (non-hydrogen) atoms. The van der Waals surface area contributed by atoms with Crippen molar-refractivity contribution in [1.82, 2.24) is 0 Å². The highest BCUT2D eigenvalue weighted by Gasteiger charge is 2.26. The highest BCUT2D eigenvalue weighted by Crippen LogP contribution is 2.08. The van der Waals surface area contributed by atoms with Gasteiger partial charge in [-0.05, 0) is 12.5 Å². The van der Waals surface area contributed by atoms with Gasteiger partial charge in [0.15, 0.2) is 6.10 Å². The van der Waals surface area contributed by atoms with Crippen molar-refractivity contribution in [3.63, 3.8) is 0 Å². The minimum Gasteiger partial charge on any atom is -0.464 e. The molecule has 0 saturated heterocycles. The Hall–Kier alpha value is -1.91. The molecule has 0 heterocycles. The van der Waals surface area contributed by atoms with Gasteiger partial charge in [-0.1, -0.05) is 48.6 Å². The number of esters is 1. The van der Waals surface area contributed by atoms with Gasteiger partial charge in [-0.2, -0.15) is 0 Å². The third-order valence-corrected chi connectivity index (χ3v) is 2.51. The minimum atomic E-state index is -1.07. The molecule has 4 nitrogen and oxygen atoms in total. The van der Waals surface area contributed by atoms with Crippen molar-refractivity contribution in [2.45, 2.75) is 19.1 Å². The molecule has 0 saturated carbocycles. The van der Waals surface area contributed by atoms with Crippen molar-refractivity contribution in [2.75, 3.05) is 13.2 Å². The van der Waals surface area contributed by atoms with Gasteiger partial charge in [0, 0.05) is 0 Å². The molecule has 1 aromatic carbocycles. The highest BCUT2D eigenvalue weighted by atomic mass is 16.6. The van der Waals surface area contributed by atoms with Crippen LogP contribution >= 0.6 is 0 Å². The van der Waals surface area contributed by atoms with Crippen LogP contribution in [0.4, 0.5) is 0 Å². The Labute approximate surface area is 119 Å². The lowest BCUT2D eigenvalue weighted by Gasteiger charge is -2.18. The van der Waals surface area contributed by atoms with Crippen LogP contribution < -0.4 is 0 Å². The molecule has 0 aliphatic carbocycles. The Morgan fingerprint density at radius 3 is 2.70 bits per heavy atom. The normalized spacial score (nSPS) is 13.9. The number of rotatable bonds is 8. The summed E-state index contributed by atoms with van der Waals surface area (Å²) < 4.78 is 10.1. The summed E-state index contributed by atoms with van der Waals surface area (Å²) in [7, 11) is 0. The zero-order valence-electron chi connectivity index (χ0n) is 11.6. The van der Waals surface area contributed by atoms with Gasteiger partial charge in [0.1, 0.15) is 6.10 Å². The van der Waals surface area contributed by atoms with E-state index in [-0.39, 0.29) is 13.2 Å². The fourth-order valence-corrected chi connectivity index (χ4v) is 1.58. The standard InChI is InChI=1S/C16H20O4/c1-3-12-20-15(16(18)19-4-2)14(17)11-10-13-8-6-5-7-9-13/h3,5-11,14-15,17H,1,4,12H2,2H3/b11-10+/t14-,15+/m0/s1. The number of aliphatic hydroxyl groups excluding tert-OH is 1. The molecule has 0 aliphatic rings. The van der Waals surface area contributed by atoms with Crippen LogP contribution in [0.2, 0.25) is 0 Å². The number of hydrogen-bond acceptors (Lipinski definition) is 4. The average molecular weight is 276 g/mol. The van der Waals surface area contributed by atoms with Crippen molar-refractivity contribution in [1.29, 1.82) is 0 Å². The van der Waals surface area contributed by atoms with Gasteiger partial charge in [0.2, 0.25) is 0 Å². The lowest BCUT2D eigenvalue weighted by Crippen LogP contribution is -2.37. The smallest absolute Gasteiger partial charge is 0.338 e. The highest BCUT2D eigenvalue weighted by molar-refractivity contribution is 5.76. The van der Waals surface area contributed by atoms with Crippen LogP contribution in [-0.4, -0.2) is 36.5 Å². The number of aliphatic hydroxyl groups is 1. The molecule has 0 bridgehead atoms. The van der Waals surface area contributed by atoms with E-state index in [9.17, 15) is 9.90 Å². The fraction of sp³-hybridized carbons (Fsp3) is 0.312. The Morgan fingerprint density at radius 2 is 2.10 bits per heavy atom. The maximum absolute atomic E-state index is 11.7. The first kappa shape index (κ1) is 16.1. The van der Waals surface area contributed by atoms with E-state index in [1.54, 1.807) is 13.0 Å². The summed E-state index contributed by atoms with van der Waals surface area (Å²) in [6, 6.07) is 9.48. The Kier molecular flexibility index (Phi) is 7.32. The Balaban J connectivity index is 2.71. The van der Waals surface area contributed by atoms with Crippen LogP contribution in [0.25, 0.3) is 6.08 Å². The maximum atomic E-state index is 11.7.